The van der Waals surface area contributed by atoms with Crippen LogP contribution in [0, 0.1) is 0 Å². The van der Waals surface area contributed by atoms with Crippen molar-refractivity contribution in [2.45, 2.75) is 61.0 Å². The molecule has 3 aromatic rings. The fraction of sp³-hybridized carbons (Fsp3) is 0.605. The smallest absolute Gasteiger partial charge is 0.197 e. The Balaban J connectivity index is 1.91. The molecule has 0 aliphatic carbocycles. The molecule has 2 aromatic carbocycles. The van der Waals surface area contributed by atoms with E-state index in [-0.39, 0.29) is 41.4 Å². The first-order chi connectivity index (χ1) is 25.7. The molecule has 0 bridgehead atoms. The van der Waals surface area contributed by atoms with Crippen LogP contribution in [0.25, 0.3) is 22.3 Å². The molecular formula is C38H52O15. The van der Waals surface area contributed by atoms with Crippen molar-refractivity contribution in [2.75, 3.05) is 91.4 Å². The van der Waals surface area contributed by atoms with E-state index in [2.05, 4.69) is 0 Å². The van der Waals surface area contributed by atoms with E-state index in [9.17, 15) is 4.79 Å². The predicted octanol–water partition coefficient (Wildman–Crippen LogP) is 3.75. The standard InChI is InChI=1S/C38H52O15/c1-40-17-23-28(43-4)35(47-8)37(49-10)33(52-23)26-30(45-6)25-21(39)16-22(19-12-14-20(42-3)15-13-19)51-32(25)27(31(26)46-7)34-38(50-11)36(48-9)29(44-5)24(53-34)18-41-2/h12-16,23-24,28-29,33-38H,17-18H2,1-11H3/t23-,24-,28-,29-,33+,34+,35+,36+,37+,38+/m1/s1. The monoisotopic (exact) mass is 748 g/mol. The van der Waals surface area contributed by atoms with Crippen molar-refractivity contribution < 1.29 is 66.0 Å². The summed E-state index contributed by atoms with van der Waals surface area (Å²) in [7, 11) is 17.0. The predicted molar refractivity (Wildman–Crippen MR) is 191 cm³/mol. The molecular weight excluding hydrogens is 696 g/mol. The van der Waals surface area contributed by atoms with E-state index in [0.717, 1.165) is 0 Å². The van der Waals surface area contributed by atoms with Crippen LogP contribution in [0.5, 0.6) is 17.2 Å². The van der Waals surface area contributed by atoms with Crippen LogP contribution >= 0.6 is 0 Å². The first kappa shape index (κ1) is 40.8. The lowest BCUT2D eigenvalue weighted by Gasteiger charge is -2.47. The Kier molecular flexibility index (Phi) is 14.1. The number of fused-ring (bicyclic) bond motifs is 1. The molecule has 10 atom stereocenters. The van der Waals surface area contributed by atoms with Gasteiger partial charge < -0.3 is 66.0 Å². The van der Waals surface area contributed by atoms with Gasteiger partial charge in [-0.3, -0.25) is 4.79 Å². The summed E-state index contributed by atoms with van der Waals surface area (Å²) in [6, 6.07) is 8.56. The molecule has 0 amide bonds. The second-order valence-electron chi connectivity index (χ2n) is 12.6. The van der Waals surface area contributed by atoms with Crippen molar-refractivity contribution in [1.82, 2.24) is 0 Å². The average molecular weight is 749 g/mol. The van der Waals surface area contributed by atoms with Gasteiger partial charge in [0.1, 0.15) is 89.4 Å². The van der Waals surface area contributed by atoms with E-state index in [1.165, 1.54) is 20.3 Å². The minimum atomic E-state index is -0.975. The van der Waals surface area contributed by atoms with Gasteiger partial charge in [-0.2, -0.15) is 0 Å². The third kappa shape index (κ3) is 7.52. The van der Waals surface area contributed by atoms with Crippen LogP contribution in [0.2, 0.25) is 0 Å². The highest BCUT2D eigenvalue weighted by Crippen LogP contribution is 2.53. The summed E-state index contributed by atoms with van der Waals surface area (Å²) in [6.45, 7) is 0.313. The van der Waals surface area contributed by atoms with Crippen molar-refractivity contribution in [3.63, 3.8) is 0 Å². The van der Waals surface area contributed by atoms with Gasteiger partial charge in [-0.1, -0.05) is 0 Å². The van der Waals surface area contributed by atoms with Crippen LogP contribution < -0.4 is 19.6 Å². The van der Waals surface area contributed by atoms with Crippen LogP contribution in [0.3, 0.4) is 0 Å². The quantitative estimate of drug-likeness (QED) is 0.209. The van der Waals surface area contributed by atoms with Gasteiger partial charge in [-0.25, -0.2) is 0 Å². The lowest BCUT2D eigenvalue weighted by Crippen LogP contribution is -2.58. The maximum atomic E-state index is 14.5. The Morgan fingerprint density at radius 2 is 1.02 bits per heavy atom. The molecule has 15 nitrogen and oxygen atoms in total. The molecule has 53 heavy (non-hydrogen) atoms. The Hall–Kier alpha value is -3.35. The number of rotatable bonds is 16. The summed E-state index contributed by atoms with van der Waals surface area (Å²) in [5.74, 6) is 1.32. The van der Waals surface area contributed by atoms with Crippen LogP contribution in [0.15, 0.2) is 39.5 Å². The molecule has 294 valence electrons. The maximum absolute atomic E-state index is 14.5. The topological polar surface area (TPSA) is 150 Å². The lowest BCUT2D eigenvalue weighted by molar-refractivity contribution is -0.253. The van der Waals surface area contributed by atoms with E-state index >= 15 is 0 Å². The van der Waals surface area contributed by atoms with Gasteiger partial charge in [0.2, 0.25) is 0 Å². The highest BCUT2D eigenvalue weighted by Gasteiger charge is 2.53. The van der Waals surface area contributed by atoms with Gasteiger partial charge in [-0.15, -0.1) is 0 Å². The van der Waals surface area contributed by atoms with Gasteiger partial charge in [0.15, 0.2) is 11.0 Å². The zero-order valence-corrected chi connectivity index (χ0v) is 32.2. The fourth-order valence-electron chi connectivity index (χ4n) is 7.74. The molecule has 5 rings (SSSR count). The molecule has 0 N–H and O–H groups in total. The van der Waals surface area contributed by atoms with Gasteiger partial charge in [0.25, 0.3) is 0 Å². The zero-order valence-electron chi connectivity index (χ0n) is 32.2. The van der Waals surface area contributed by atoms with Crippen molar-refractivity contribution in [1.29, 1.82) is 0 Å². The highest BCUT2D eigenvalue weighted by atomic mass is 16.6. The van der Waals surface area contributed by atoms with Gasteiger partial charge >= 0.3 is 0 Å². The Labute approximate surface area is 309 Å². The summed E-state index contributed by atoms with van der Waals surface area (Å²) < 4.78 is 85.3. The van der Waals surface area contributed by atoms with Crippen molar-refractivity contribution >= 4 is 11.0 Å². The third-order valence-electron chi connectivity index (χ3n) is 10.1. The number of hydrogen-bond acceptors (Lipinski definition) is 15. The molecule has 0 saturated carbocycles. The molecule has 2 fully saturated rings. The summed E-state index contributed by atoms with van der Waals surface area (Å²) in [5, 5.41) is 0.115. The molecule has 15 heteroatoms. The van der Waals surface area contributed by atoms with Gasteiger partial charge in [0.05, 0.1) is 45.7 Å². The Bertz CT molecular complexity index is 1690. The largest absolute Gasteiger partial charge is 0.497 e. The minimum Gasteiger partial charge on any atom is -0.497 e. The van der Waals surface area contributed by atoms with Gasteiger partial charge in [-0.05, 0) is 24.3 Å². The number of ether oxygens (including phenoxy) is 13. The molecule has 0 spiro atoms. The highest BCUT2D eigenvalue weighted by molar-refractivity contribution is 5.92. The third-order valence-corrected chi connectivity index (χ3v) is 10.1. The van der Waals surface area contributed by atoms with Crippen molar-refractivity contribution in [2.24, 2.45) is 0 Å². The molecule has 0 unspecified atom stereocenters. The number of methoxy groups -OCH3 is 11. The lowest BCUT2D eigenvalue weighted by atomic mass is 9.84. The van der Waals surface area contributed by atoms with Crippen LogP contribution in [-0.4, -0.2) is 140 Å². The van der Waals surface area contributed by atoms with Crippen molar-refractivity contribution in [3.05, 3.63) is 51.7 Å². The average Bonchev–Trinajstić information content (AvgIpc) is 3.18. The van der Waals surface area contributed by atoms with Gasteiger partial charge in [0, 0.05) is 68.5 Å². The molecule has 1 aromatic heterocycles. The van der Waals surface area contributed by atoms with Crippen LogP contribution in [0.1, 0.15) is 23.3 Å². The molecule has 3 heterocycles. The van der Waals surface area contributed by atoms with E-state index in [1.807, 2.05) is 0 Å². The first-order valence-electron chi connectivity index (χ1n) is 17.1. The van der Waals surface area contributed by atoms with E-state index < -0.39 is 66.5 Å². The summed E-state index contributed by atoms with van der Waals surface area (Å²) in [5.41, 5.74) is 1.08. The number of benzene rings is 2. The van der Waals surface area contributed by atoms with Crippen LogP contribution in [0.4, 0.5) is 0 Å². The summed E-state index contributed by atoms with van der Waals surface area (Å²) in [6.07, 6.45) is -7.23. The Morgan fingerprint density at radius 3 is 1.43 bits per heavy atom. The Morgan fingerprint density at radius 1 is 0.547 bits per heavy atom. The normalized spacial score (nSPS) is 29.0. The second-order valence-corrected chi connectivity index (χ2v) is 12.6. The van der Waals surface area contributed by atoms with Crippen LogP contribution in [-0.2, 0) is 47.4 Å². The van der Waals surface area contributed by atoms with E-state index in [1.54, 1.807) is 88.3 Å². The molecule has 2 saturated heterocycles. The zero-order chi connectivity index (χ0) is 38.4. The minimum absolute atomic E-state index is 0.115. The molecule has 0 radical (unpaired) electrons. The second kappa shape index (κ2) is 18.3. The SMILES string of the molecule is COC[C@H]1O[C@@H](c2c(OC)c([C@@H]3O[C@H](COC)[C@@H](OC)[C@H](OC)[C@H]3OC)c3oc(-c4ccc(OC)cc4)cc(=O)c3c2OC)[C@H](OC)[C@@H](OC)[C@@H]1OC. The first-order valence-corrected chi connectivity index (χ1v) is 17.1. The fourth-order valence-corrected chi connectivity index (χ4v) is 7.74. The summed E-state index contributed by atoms with van der Waals surface area (Å²) in [4.78, 5) is 14.5. The maximum Gasteiger partial charge on any atom is 0.197 e. The number of hydrogen-bond donors (Lipinski definition) is 0. The van der Waals surface area contributed by atoms with E-state index in [4.69, 9.17) is 66.0 Å². The summed E-state index contributed by atoms with van der Waals surface area (Å²) >= 11 is 0. The van der Waals surface area contributed by atoms with Crippen molar-refractivity contribution in [3.8, 4) is 28.6 Å². The molecule has 2 aliphatic rings. The molecule has 2 aliphatic heterocycles. The van der Waals surface area contributed by atoms with E-state index in [0.29, 0.717) is 22.4 Å².